The van der Waals surface area contributed by atoms with E-state index in [0.29, 0.717) is 6.04 Å². The summed E-state index contributed by atoms with van der Waals surface area (Å²) >= 11 is 1.77. The molecule has 1 atom stereocenters. The van der Waals surface area contributed by atoms with Gasteiger partial charge in [0.15, 0.2) is 0 Å². The van der Waals surface area contributed by atoms with Crippen LogP contribution in [0, 0.1) is 6.92 Å². The van der Waals surface area contributed by atoms with Gasteiger partial charge in [0.2, 0.25) is 0 Å². The molecule has 1 aromatic heterocycles. The SMILES string of the molecule is Cc1ncsc1C(C)NC1CCCC1. The summed E-state index contributed by atoms with van der Waals surface area (Å²) in [6, 6.07) is 1.22. The molecule has 0 bridgehead atoms. The van der Waals surface area contributed by atoms with Crippen LogP contribution in [0.5, 0.6) is 0 Å². The largest absolute Gasteiger partial charge is 0.307 e. The summed E-state index contributed by atoms with van der Waals surface area (Å²) in [7, 11) is 0. The molecule has 1 saturated carbocycles. The lowest BCUT2D eigenvalue weighted by atomic mass is 10.2. The van der Waals surface area contributed by atoms with Gasteiger partial charge >= 0.3 is 0 Å². The number of hydrogen-bond donors (Lipinski definition) is 1. The standard InChI is InChI=1S/C11H18N2S/c1-8-11(14-7-12-8)9(2)13-10-5-3-4-6-10/h7,9-10,13H,3-6H2,1-2H3. The summed E-state index contributed by atoms with van der Waals surface area (Å²) in [6.45, 7) is 4.34. The third kappa shape index (κ3) is 2.15. The summed E-state index contributed by atoms with van der Waals surface area (Å²) in [5, 5.41) is 3.69. The molecule has 0 aromatic carbocycles. The van der Waals surface area contributed by atoms with Gasteiger partial charge in [-0.15, -0.1) is 11.3 Å². The molecular formula is C11H18N2S. The molecular weight excluding hydrogens is 192 g/mol. The summed E-state index contributed by atoms with van der Waals surface area (Å²) in [5.74, 6) is 0. The monoisotopic (exact) mass is 210 g/mol. The molecule has 1 N–H and O–H groups in total. The van der Waals surface area contributed by atoms with Gasteiger partial charge in [-0.05, 0) is 26.7 Å². The zero-order chi connectivity index (χ0) is 9.97. The normalized spacial score (nSPS) is 20.1. The molecule has 2 nitrogen and oxygen atoms in total. The van der Waals surface area contributed by atoms with Crippen molar-refractivity contribution in [1.82, 2.24) is 10.3 Å². The van der Waals surface area contributed by atoms with E-state index in [0.717, 1.165) is 6.04 Å². The van der Waals surface area contributed by atoms with Gasteiger partial charge in [0, 0.05) is 17.0 Å². The molecule has 0 saturated heterocycles. The second-order valence-electron chi connectivity index (χ2n) is 4.17. The van der Waals surface area contributed by atoms with E-state index < -0.39 is 0 Å². The van der Waals surface area contributed by atoms with Gasteiger partial charge in [-0.1, -0.05) is 12.8 Å². The fourth-order valence-electron chi connectivity index (χ4n) is 2.25. The van der Waals surface area contributed by atoms with Crippen LogP contribution in [0.25, 0.3) is 0 Å². The van der Waals surface area contributed by atoms with Crippen molar-refractivity contribution in [3.8, 4) is 0 Å². The van der Waals surface area contributed by atoms with Crippen molar-refractivity contribution in [2.24, 2.45) is 0 Å². The summed E-state index contributed by atoms with van der Waals surface area (Å²) < 4.78 is 0. The molecule has 3 heteroatoms. The van der Waals surface area contributed by atoms with E-state index in [1.807, 2.05) is 5.51 Å². The maximum atomic E-state index is 4.29. The topological polar surface area (TPSA) is 24.9 Å². The van der Waals surface area contributed by atoms with Gasteiger partial charge in [-0.25, -0.2) is 4.98 Å². The fraction of sp³-hybridized carbons (Fsp3) is 0.727. The van der Waals surface area contributed by atoms with E-state index >= 15 is 0 Å². The van der Waals surface area contributed by atoms with E-state index in [2.05, 4.69) is 24.1 Å². The predicted octanol–water partition coefficient (Wildman–Crippen LogP) is 3.04. The van der Waals surface area contributed by atoms with E-state index in [-0.39, 0.29) is 0 Å². The Labute approximate surface area is 89.8 Å². The second-order valence-corrected chi connectivity index (χ2v) is 5.06. The summed E-state index contributed by atoms with van der Waals surface area (Å²) in [4.78, 5) is 5.69. The third-order valence-electron chi connectivity index (χ3n) is 3.02. The zero-order valence-corrected chi connectivity index (χ0v) is 9.73. The van der Waals surface area contributed by atoms with Crippen LogP contribution in [0.4, 0.5) is 0 Å². The lowest BCUT2D eigenvalue weighted by molar-refractivity contribution is 0.464. The fourth-order valence-corrected chi connectivity index (χ4v) is 3.07. The van der Waals surface area contributed by atoms with Gasteiger partial charge in [-0.3, -0.25) is 0 Å². The van der Waals surface area contributed by atoms with Crippen LogP contribution in [0.15, 0.2) is 5.51 Å². The molecule has 0 amide bonds. The zero-order valence-electron chi connectivity index (χ0n) is 8.92. The quantitative estimate of drug-likeness (QED) is 0.829. The highest BCUT2D eigenvalue weighted by atomic mass is 32.1. The van der Waals surface area contributed by atoms with Crippen molar-refractivity contribution in [3.63, 3.8) is 0 Å². The third-order valence-corrected chi connectivity index (χ3v) is 4.13. The second kappa shape index (κ2) is 4.41. The Morgan fingerprint density at radius 1 is 1.50 bits per heavy atom. The van der Waals surface area contributed by atoms with Crippen LogP contribution in [0.3, 0.4) is 0 Å². The van der Waals surface area contributed by atoms with E-state index in [1.54, 1.807) is 11.3 Å². The molecule has 0 radical (unpaired) electrons. The van der Waals surface area contributed by atoms with Gasteiger partial charge in [0.05, 0.1) is 11.2 Å². The van der Waals surface area contributed by atoms with Gasteiger partial charge in [-0.2, -0.15) is 0 Å². The molecule has 0 spiro atoms. The minimum absolute atomic E-state index is 0.477. The highest BCUT2D eigenvalue weighted by molar-refractivity contribution is 7.09. The Morgan fingerprint density at radius 3 is 2.79 bits per heavy atom. The van der Waals surface area contributed by atoms with Crippen LogP contribution in [-0.4, -0.2) is 11.0 Å². The molecule has 1 unspecified atom stereocenters. The number of hydrogen-bond acceptors (Lipinski definition) is 3. The van der Waals surface area contributed by atoms with E-state index in [1.165, 1.54) is 36.3 Å². The van der Waals surface area contributed by atoms with Gasteiger partial charge in [0.25, 0.3) is 0 Å². The molecule has 1 aliphatic carbocycles. The van der Waals surface area contributed by atoms with E-state index in [4.69, 9.17) is 0 Å². The summed E-state index contributed by atoms with van der Waals surface area (Å²) in [5.41, 5.74) is 3.13. The van der Waals surface area contributed by atoms with Gasteiger partial charge in [0.1, 0.15) is 0 Å². The molecule has 0 aliphatic heterocycles. The predicted molar refractivity (Wildman–Crippen MR) is 60.7 cm³/mol. The average molecular weight is 210 g/mol. The first-order chi connectivity index (χ1) is 6.77. The number of thiazole rings is 1. The van der Waals surface area contributed by atoms with Crippen LogP contribution in [0.1, 0.15) is 49.2 Å². The van der Waals surface area contributed by atoms with E-state index in [9.17, 15) is 0 Å². The van der Waals surface area contributed by atoms with Crippen LogP contribution >= 0.6 is 11.3 Å². The van der Waals surface area contributed by atoms with Crippen LogP contribution in [0.2, 0.25) is 0 Å². The number of nitrogens with one attached hydrogen (secondary N) is 1. The van der Waals surface area contributed by atoms with Crippen molar-refractivity contribution >= 4 is 11.3 Å². The van der Waals surface area contributed by atoms with Crippen molar-refractivity contribution in [3.05, 3.63) is 16.1 Å². The molecule has 1 aromatic rings. The Kier molecular flexibility index (Phi) is 3.19. The van der Waals surface area contributed by atoms with Crippen molar-refractivity contribution < 1.29 is 0 Å². The Bertz CT molecular complexity index is 289. The first kappa shape index (κ1) is 10.1. The first-order valence-electron chi connectivity index (χ1n) is 5.43. The maximum absolute atomic E-state index is 4.29. The number of aryl methyl sites for hydroxylation is 1. The highest BCUT2D eigenvalue weighted by Gasteiger charge is 2.19. The Hall–Kier alpha value is -0.410. The average Bonchev–Trinajstić information content (AvgIpc) is 2.75. The minimum atomic E-state index is 0.477. The van der Waals surface area contributed by atoms with Crippen LogP contribution in [-0.2, 0) is 0 Å². The number of aromatic nitrogens is 1. The smallest absolute Gasteiger partial charge is 0.0798 e. The molecule has 1 heterocycles. The Balaban J connectivity index is 1.95. The minimum Gasteiger partial charge on any atom is -0.307 e. The first-order valence-corrected chi connectivity index (χ1v) is 6.31. The maximum Gasteiger partial charge on any atom is 0.0798 e. The number of rotatable bonds is 3. The molecule has 2 rings (SSSR count). The molecule has 1 aliphatic rings. The van der Waals surface area contributed by atoms with Crippen molar-refractivity contribution in [2.75, 3.05) is 0 Å². The summed E-state index contributed by atoms with van der Waals surface area (Å²) in [6.07, 6.45) is 5.49. The highest BCUT2D eigenvalue weighted by Crippen LogP contribution is 2.25. The van der Waals surface area contributed by atoms with Gasteiger partial charge < -0.3 is 5.32 Å². The van der Waals surface area contributed by atoms with Crippen molar-refractivity contribution in [2.45, 2.75) is 51.6 Å². The lowest BCUT2D eigenvalue weighted by Gasteiger charge is -2.18. The van der Waals surface area contributed by atoms with Crippen molar-refractivity contribution in [1.29, 1.82) is 0 Å². The molecule has 14 heavy (non-hydrogen) atoms. The molecule has 78 valence electrons. The van der Waals surface area contributed by atoms with Crippen LogP contribution < -0.4 is 5.32 Å². The molecule has 1 fully saturated rings. The number of nitrogens with zero attached hydrogens (tertiary/aromatic N) is 1. The lowest BCUT2D eigenvalue weighted by Crippen LogP contribution is -2.28. The Morgan fingerprint density at radius 2 is 2.21 bits per heavy atom.